The fourth-order valence-electron chi connectivity index (χ4n) is 2.96. The highest BCUT2D eigenvalue weighted by atomic mass is 16.6. The number of hydrogen-bond donors (Lipinski definition) is 2. The van der Waals surface area contributed by atoms with Crippen molar-refractivity contribution in [3.63, 3.8) is 0 Å². The predicted octanol–water partition coefficient (Wildman–Crippen LogP) is 1.70. The summed E-state index contributed by atoms with van der Waals surface area (Å²) in [5.74, 6) is -2.12. The van der Waals surface area contributed by atoms with Crippen LogP contribution in [-0.4, -0.2) is 58.2 Å². The second-order valence-corrected chi connectivity index (χ2v) is 7.74. The predicted molar refractivity (Wildman–Crippen MR) is 102 cm³/mol. The Kier molecular flexibility index (Phi) is 7.19. The van der Waals surface area contributed by atoms with Crippen molar-refractivity contribution >= 4 is 23.9 Å². The van der Waals surface area contributed by atoms with Gasteiger partial charge in [-0.05, 0) is 32.8 Å². The number of alkyl carbamates (subject to hydrolysis) is 1. The molecule has 0 aliphatic carbocycles. The molecule has 2 N–H and O–H groups in total. The zero-order chi connectivity index (χ0) is 21.6. The quantitative estimate of drug-likeness (QED) is 0.498. The summed E-state index contributed by atoms with van der Waals surface area (Å²) < 4.78 is 10.3. The summed E-state index contributed by atoms with van der Waals surface area (Å²) in [5.41, 5.74) is 0.0806. The Morgan fingerprint density at radius 1 is 1.17 bits per heavy atom. The number of carboxylic acids is 1. The highest BCUT2D eigenvalue weighted by molar-refractivity contribution is 5.94. The van der Waals surface area contributed by atoms with E-state index < -0.39 is 41.6 Å². The van der Waals surface area contributed by atoms with Crippen molar-refractivity contribution in [3.8, 4) is 0 Å². The number of likely N-dealkylation sites (tertiary alicyclic amines) is 1. The number of carboxylic acid groups (broad SMARTS) is 1. The summed E-state index contributed by atoms with van der Waals surface area (Å²) in [7, 11) is 0. The van der Waals surface area contributed by atoms with Crippen LogP contribution in [0.2, 0.25) is 0 Å². The third-order valence-corrected chi connectivity index (χ3v) is 4.19. The van der Waals surface area contributed by atoms with Crippen molar-refractivity contribution < 1.29 is 33.8 Å². The van der Waals surface area contributed by atoms with Gasteiger partial charge in [0.15, 0.2) is 0 Å². The van der Waals surface area contributed by atoms with Gasteiger partial charge in [0, 0.05) is 6.42 Å². The van der Waals surface area contributed by atoms with E-state index in [0.717, 1.165) is 5.56 Å². The lowest BCUT2D eigenvalue weighted by molar-refractivity contribution is -0.167. The fraction of sp³-hybridized carbons (Fsp3) is 0.500. The van der Waals surface area contributed by atoms with Crippen LogP contribution in [-0.2, 0) is 30.5 Å². The third-order valence-electron chi connectivity index (χ3n) is 4.19. The molecule has 0 unspecified atom stereocenters. The van der Waals surface area contributed by atoms with E-state index in [0.29, 0.717) is 0 Å². The molecule has 1 fully saturated rings. The molecule has 1 aliphatic rings. The molecule has 0 aromatic heterocycles. The van der Waals surface area contributed by atoms with Crippen LogP contribution >= 0.6 is 0 Å². The molecule has 2 rings (SSSR count). The van der Waals surface area contributed by atoms with Crippen LogP contribution < -0.4 is 5.32 Å². The first-order chi connectivity index (χ1) is 13.6. The van der Waals surface area contributed by atoms with E-state index in [9.17, 15) is 19.2 Å². The normalized spacial score (nSPS) is 18.6. The summed E-state index contributed by atoms with van der Waals surface area (Å²) in [5, 5.41) is 11.4. The molecule has 9 nitrogen and oxygen atoms in total. The standard InChI is InChI=1S/C20H26N2O7/c1-20(2,3)29-16(25)11-22-14(9-10-15(23)24)17(18(22)26)21-19(27)28-12-13-7-5-4-6-8-13/h4-8,14,17H,9-12H2,1-3H3,(H,21,27)(H,23,24)/t14-,17+/m0/s1. The molecule has 2 amide bonds. The van der Waals surface area contributed by atoms with Crippen LogP contribution in [0, 0.1) is 0 Å². The first-order valence-electron chi connectivity index (χ1n) is 9.28. The van der Waals surface area contributed by atoms with Crippen molar-refractivity contribution in [2.24, 2.45) is 0 Å². The van der Waals surface area contributed by atoms with Gasteiger partial charge in [-0.1, -0.05) is 30.3 Å². The Bertz CT molecular complexity index is 758. The maximum Gasteiger partial charge on any atom is 0.408 e. The van der Waals surface area contributed by atoms with Gasteiger partial charge in [0.1, 0.15) is 24.8 Å². The van der Waals surface area contributed by atoms with E-state index in [1.807, 2.05) is 18.2 Å². The van der Waals surface area contributed by atoms with Gasteiger partial charge in [-0.2, -0.15) is 0 Å². The fourth-order valence-corrected chi connectivity index (χ4v) is 2.96. The molecule has 2 atom stereocenters. The number of nitrogens with zero attached hydrogens (tertiary/aromatic N) is 1. The van der Waals surface area contributed by atoms with Crippen LogP contribution in [0.4, 0.5) is 4.79 Å². The number of β-lactam (4-membered cyclic amide) rings is 1. The molecule has 0 saturated carbocycles. The molecule has 1 aliphatic heterocycles. The maximum atomic E-state index is 12.4. The van der Waals surface area contributed by atoms with Crippen molar-refractivity contribution in [2.45, 2.75) is 57.9 Å². The zero-order valence-corrected chi connectivity index (χ0v) is 16.7. The van der Waals surface area contributed by atoms with Crippen molar-refractivity contribution in [3.05, 3.63) is 35.9 Å². The first kappa shape index (κ1) is 22.2. The smallest absolute Gasteiger partial charge is 0.408 e. The van der Waals surface area contributed by atoms with E-state index in [4.69, 9.17) is 14.6 Å². The van der Waals surface area contributed by atoms with Gasteiger partial charge < -0.3 is 24.8 Å². The van der Waals surface area contributed by atoms with Gasteiger partial charge in [-0.15, -0.1) is 0 Å². The minimum absolute atomic E-state index is 0.0367. The molecule has 1 heterocycles. The molecule has 1 saturated heterocycles. The molecule has 0 radical (unpaired) electrons. The lowest BCUT2D eigenvalue weighted by atomic mass is 9.91. The number of carbonyl (C=O) groups excluding carboxylic acids is 3. The van der Waals surface area contributed by atoms with Gasteiger partial charge in [-0.25, -0.2) is 4.79 Å². The SMILES string of the molecule is CC(C)(C)OC(=O)CN1C(=O)[C@H](NC(=O)OCc2ccccc2)[C@@H]1CCC(=O)O. The average molecular weight is 406 g/mol. The lowest BCUT2D eigenvalue weighted by Crippen LogP contribution is -2.71. The van der Waals surface area contributed by atoms with Gasteiger partial charge in [0.25, 0.3) is 0 Å². The number of benzene rings is 1. The minimum Gasteiger partial charge on any atom is -0.481 e. The third kappa shape index (κ3) is 6.78. The Hall–Kier alpha value is -3.10. The topological polar surface area (TPSA) is 122 Å². The largest absolute Gasteiger partial charge is 0.481 e. The van der Waals surface area contributed by atoms with E-state index in [1.54, 1.807) is 32.9 Å². The number of amides is 2. The van der Waals surface area contributed by atoms with Crippen LogP contribution in [0.3, 0.4) is 0 Å². The molecular weight excluding hydrogens is 380 g/mol. The molecule has 1 aromatic carbocycles. The second-order valence-electron chi connectivity index (χ2n) is 7.74. The summed E-state index contributed by atoms with van der Waals surface area (Å²) in [6, 6.07) is 7.46. The number of ether oxygens (including phenoxy) is 2. The Labute approximate surface area is 169 Å². The molecule has 0 spiro atoms. The molecular formula is C20H26N2O7. The van der Waals surface area contributed by atoms with Crippen LogP contribution in [0.25, 0.3) is 0 Å². The van der Waals surface area contributed by atoms with E-state index >= 15 is 0 Å². The lowest BCUT2D eigenvalue weighted by Gasteiger charge is -2.46. The van der Waals surface area contributed by atoms with Crippen LogP contribution in [0.15, 0.2) is 30.3 Å². The number of hydrogen-bond acceptors (Lipinski definition) is 6. The monoisotopic (exact) mass is 406 g/mol. The van der Waals surface area contributed by atoms with Crippen molar-refractivity contribution in [2.75, 3.05) is 6.54 Å². The van der Waals surface area contributed by atoms with Gasteiger partial charge in [-0.3, -0.25) is 14.4 Å². The highest BCUT2D eigenvalue weighted by Crippen LogP contribution is 2.25. The van der Waals surface area contributed by atoms with Crippen LogP contribution in [0.1, 0.15) is 39.2 Å². The number of carbonyl (C=O) groups is 4. The summed E-state index contributed by atoms with van der Waals surface area (Å²) in [6.45, 7) is 4.85. The van der Waals surface area contributed by atoms with E-state index in [2.05, 4.69) is 5.32 Å². The molecule has 0 bridgehead atoms. The Morgan fingerprint density at radius 2 is 1.83 bits per heavy atom. The summed E-state index contributed by atoms with van der Waals surface area (Å²) >= 11 is 0. The molecule has 9 heteroatoms. The molecule has 29 heavy (non-hydrogen) atoms. The summed E-state index contributed by atoms with van der Waals surface area (Å²) in [4.78, 5) is 48.7. The van der Waals surface area contributed by atoms with Gasteiger partial charge in [0.2, 0.25) is 5.91 Å². The van der Waals surface area contributed by atoms with Crippen molar-refractivity contribution in [1.29, 1.82) is 0 Å². The van der Waals surface area contributed by atoms with Crippen molar-refractivity contribution in [1.82, 2.24) is 10.2 Å². The van der Waals surface area contributed by atoms with Gasteiger partial charge >= 0.3 is 18.0 Å². The Balaban J connectivity index is 1.94. The second kappa shape index (κ2) is 9.40. The first-order valence-corrected chi connectivity index (χ1v) is 9.28. The maximum absolute atomic E-state index is 12.4. The average Bonchev–Trinajstić information content (AvgIpc) is 2.63. The Morgan fingerprint density at radius 3 is 2.41 bits per heavy atom. The number of rotatable bonds is 8. The highest BCUT2D eigenvalue weighted by Gasteiger charge is 2.49. The summed E-state index contributed by atoms with van der Waals surface area (Å²) in [6.07, 6.45) is -0.905. The number of aliphatic carboxylic acids is 1. The number of nitrogens with one attached hydrogen (secondary N) is 1. The molecule has 1 aromatic rings. The van der Waals surface area contributed by atoms with E-state index in [-0.39, 0.29) is 26.0 Å². The minimum atomic E-state index is -1.04. The zero-order valence-electron chi connectivity index (χ0n) is 16.7. The van der Waals surface area contributed by atoms with Gasteiger partial charge in [0.05, 0.1) is 6.04 Å². The number of esters is 1. The van der Waals surface area contributed by atoms with Crippen LogP contribution in [0.5, 0.6) is 0 Å². The molecule has 158 valence electrons. The van der Waals surface area contributed by atoms with E-state index in [1.165, 1.54) is 4.90 Å².